The number of ether oxygens (including phenoxy) is 1. The number of nitrogens with one attached hydrogen (secondary N) is 1. The number of nitrogens with zero attached hydrogens (tertiary/aromatic N) is 2. The first kappa shape index (κ1) is 15.6. The van der Waals surface area contributed by atoms with Crippen LogP contribution in [0.4, 0.5) is 10.5 Å². The molecule has 124 valence electrons. The highest BCUT2D eigenvalue weighted by atomic mass is 16.5. The molecule has 7 heteroatoms. The van der Waals surface area contributed by atoms with Gasteiger partial charge in [0.1, 0.15) is 5.75 Å². The largest absolute Gasteiger partial charge is 0.495 e. The molecule has 3 rings (SSSR count). The van der Waals surface area contributed by atoms with Gasteiger partial charge in [0.2, 0.25) is 0 Å². The van der Waals surface area contributed by atoms with Crippen molar-refractivity contribution in [2.45, 2.75) is 18.9 Å². The first-order valence-electron chi connectivity index (χ1n) is 7.88. The minimum atomic E-state index is -0.173. The van der Waals surface area contributed by atoms with Gasteiger partial charge in [0.05, 0.1) is 12.8 Å². The lowest BCUT2D eigenvalue weighted by molar-refractivity contribution is 0.0709. The summed E-state index contributed by atoms with van der Waals surface area (Å²) in [4.78, 5) is 28.0. The Morgan fingerprint density at radius 2 is 2.22 bits per heavy atom. The van der Waals surface area contributed by atoms with E-state index in [0.29, 0.717) is 36.6 Å². The number of urea groups is 1. The van der Waals surface area contributed by atoms with E-state index in [4.69, 9.17) is 10.5 Å². The molecule has 7 nitrogen and oxygen atoms in total. The molecular weight excluding hydrogens is 296 g/mol. The van der Waals surface area contributed by atoms with Crippen LogP contribution in [0.2, 0.25) is 0 Å². The third-order valence-corrected chi connectivity index (χ3v) is 4.32. The van der Waals surface area contributed by atoms with Gasteiger partial charge in [0, 0.05) is 37.8 Å². The number of anilines is 1. The normalized spacial score (nSPS) is 21.3. The zero-order valence-corrected chi connectivity index (χ0v) is 13.2. The van der Waals surface area contributed by atoms with Crippen molar-refractivity contribution in [2.24, 2.45) is 5.73 Å². The van der Waals surface area contributed by atoms with Crippen molar-refractivity contribution in [2.75, 3.05) is 38.2 Å². The standard InChI is InChI=1S/C16H22N4O3/c1-23-14-5-4-11(9-13(14)20-8-6-18-16(20)22)15(21)19-7-2-3-12(17)10-19/h4-5,9,12H,2-3,6-8,10,17H2,1H3,(H,18,22)/t12-/m1/s1. The molecule has 1 atom stereocenters. The number of hydrogen-bond acceptors (Lipinski definition) is 4. The van der Waals surface area contributed by atoms with Gasteiger partial charge >= 0.3 is 6.03 Å². The summed E-state index contributed by atoms with van der Waals surface area (Å²) < 4.78 is 5.34. The molecule has 3 amide bonds. The quantitative estimate of drug-likeness (QED) is 0.862. The predicted octanol–water partition coefficient (Wildman–Crippen LogP) is 0.788. The Balaban J connectivity index is 1.88. The fourth-order valence-corrected chi connectivity index (χ4v) is 3.11. The number of carbonyl (C=O) groups excluding carboxylic acids is 2. The molecule has 0 bridgehead atoms. The fraction of sp³-hybridized carbons (Fsp3) is 0.500. The van der Waals surface area contributed by atoms with Gasteiger partial charge in [-0.2, -0.15) is 0 Å². The molecule has 0 unspecified atom stereocenters. The molecule has 2 heterocycles. The number of nitrogens with two attached hydrogens (primary N) is 1. The summed E-state index contributed by atoms with van der Waals surface area (Å²) in [7, 11) is 1.55. The van der Waals surface area contributed by atoms with Crippen molar-refractivity contribution in [3.63, 3.8) is 0 Å². The van der Waals surface area contributed by atoms with Crippen molar-refractivity contribution >= 4 is 17.6 Å². The Kier molecular flexibility index (Phi) is 4.38. The molecule has 0 radical (unpaired) electrons. The van der Waals surface area contributed by atoms with E-state index in [1.807, 2.05) is 0 Å². The number of benzene rings is 1. The lowest BCUT2D eigenvalue weighted by atomic mass is 10.0. The van der Waals surface area contributed by atoms with Crippen LogP contribution in [0.15, 0.2) is 18.2 Å². The second-order valence-electron chi connectivity index (χ2n) is 5.92. The van der Waals surface area contributed by atoms with Crippen molar-refractivity contribution in [3.05, 3.63) is 23.8 Å². The number of carbonyl (C=O) groups is 2. The van der Waals surface area contributed by atoms with Crippen LogP contribution in [0.5, 0.6) is 5.75 Å². The van der Waals surface area contributed by atoms with E-state index in [2.05, 4.69) is 5.32 Å². The van der Waals surface area contributed by atoms with Gasteiger partial charge in [-0.1, -0.05) is 0 Å². The number of hydrogen-bond donors (Lipinski definition) is 2. The van der Waals surface area contributed by atoms with Gasteiger partial charge in [-0.15, -0.1) is 0 Å². The topological polar surface area (TPSA) is 87.9 Å². The van der Waals surface area contributed by atoms with Crippen molar-refractivity contribution in [1.82, 2.24) is 10.2 Å². The molecule has 2 aliphatic heterocycles. The molecule has 2 aliphatic rings. The molecule has 0 aliphatic carbocycles. The summed E-state index contributed by atoms with van der Waals surface area (Å²) in [6.45, 7) is 2.44. The van der Waals surface area contributed by atoms with Gasteiger partial charge in [0.25, 0.3) is 5.91 Å². The van der Waals surface area contributed by atoms with Gasteiger partial charge in [-0.05, 0) is 31.0 Å². The maximum Gasteiger partial charge on any atom is 0.322 e. The third-order valence-electron chi connectivity index (χ3n) is 4.32. The van der Waals surface area contributed by atoms with Crippen LogP contribution in [0.1, 0.15) is 23.2 Å². The Morgan fingerprint density at radius 3 is 2.87 bits per heavy atom. The molecule has 3 N–H and O–H groups in total. The highest BCUT2D eigenvalue weighted by molar-refractivity contribution is 6.00. The molecular formula is C16H22N4O3. The van der Waals surface area contributed by atoms with Crippen LogP contribution in [-0.2, 0) is 0 Å². The molecule has 23 heavy (non-hydrogen) atoms. The summed E-state index contributed by atoms with van der Waals surface area (Å²) in [6.07, 6.45) is 1.87. The highest BCUT2D eigenvalue weighted by Crippen LogP contribution is 2.31. The van der Waals surface area contributed by atoms with Gasteiger partial charge in [-0.25, -0.2) is 4.79 Å². The van der Waals surface area contributed by atoms with Crippen LogP contribution in [-0.4, -0.2) is 56.2 Å². The first-order valence-corrected chi connectivity index (χ1v) is 7.88. The summed E-state index contributed by atoms with van der Waals surface area (Å²) in [5, 5.41) is 2.76. The lowest BCUT2D eigenvalue weighted by Crippen LogP contribution is -2.45. The van der Waals surface area contributed by atoms with Crippen LogP contribution in [0.25, 0.3) is 0 Å². The second-order valence-corrected chi connectivity index (χ2v) is 5.92. The predicted molar refractivity (Wildman–Crippen MR) is 86.9 cm³/mol. The SMILES string of the molecule is COc1ccc(C(=O)N2CCC[C@@H](N)C2)cc1N1CCNC1=O. The van der Waals surface area contributed by atoms with E-state index in [1.165, 1.54) is 0 Å². The van der Waals surface area contributed by atoms with E-state index < -0.39 is 0 Å². The zero-order valence-electron chi connectivity index (χ0n) is 13.2. The summed E-state index contributed by atoms with van der Waals surface area (Å²) in [5.41, 5.74) is 7.13. The van der Waals surface area contributed by atoms with E-state index in [-0.39, 0.29) is 18.0 Å². The number of piperidine rings is 1. The monoisotopic (exact) mass is 318 g/mol. The number of rotatable bonds is 3. The molecule has 2 fully saturated rings. The minimum absolute atomic E-state index is 0.0368. The van der Waals surface area contributed by atoms with E-state index in [0.717, 1.165) is 19.4 Å². The third kappa shape index (κ3) is 3.10. The van der Waals surface area contributed by atoms with Crippen LogP contribution < -0.4 is 20.7 Å². The maximum absolute atomic E-state index is 12.7. The van der Waals surface area contributed by atoms with Crippen LogP contribution in [0.3, 0.4) is 0 Å². The maximum atomic E-state index is 12.7. The first-order chi connectivity index (χ1) is 11.1. The van der Waals surface area contributed by atoms with Crippen molar-refractivity contribution < 1.29 is 14.3 Å². The number of amides is 3. The second kappa shape index (κ2) is 6.45. The zero-order chi connectivity index (χ0) is 16.4. The molecule has 0 saturated carbocycles. The Bertz CT molecular complexity index is 619. The molecule has 1 aromatic carbocycles. The Labute approximate surface area is 135 Å². The van der Waals surface area contributed by atoms with Crippen molar-refractivity contribution in [1.29, 1.82) is 0 Å². The van der Waals surface area contributed by atoms with Gasteiger partial charge in [-0.3, -0.25) is 9.69 Å². The lowest BCUT2D eigenvalue weighted by Gasteiger charge is -2.31. The van der Waals surface area contributed by atoms with Gasteiger partial charge < -0.3 is 20.7 Å². The number of methoxy groups -OCH3 is 1. The van der Waals surface area contributed by atoms with E-state index in [1.54, 1.807) is 35.1 Å². The fourth-order valence-electron chi connectivity index (χ4n) is 3.11. The van der Waals surface area contributed by atoms with E-state index in [9.17, 15) is 9.59 Å². The minimum Gasteiger partial charge on any atom is -0.495 e. The summed E-state index contributed by atoms with van der Waals surface area (Å²) >= 11 is 0. The smallest absolute Gasteiger partial charge is 0.322 e. The van der Waals surface area contributed by atoms with Gasteiger partial charge in [0.15, 0.2) is 0 Å². The summed E-state index contributed by atoms with van der Waals surface area (Å²) in [6, 6.07) is 5.06. The molecule has 1 aromatic rings. The molecule has 2 saturated heterocycles. The summed E-state index contributed by atoms with van der Waals surface area (Å²) in [5.74, 6) is 0.526. The van der Waals surface area contributed by atoms with E-state index >= 15 is 0 Å². The van der Waals surface area contributed by atoms with Crippen molar-refractivity contribution in [3.8, 4) is 5.75 Å². The average molecular weight is 318 g/mol. The Hall–Kier alpha value is -2.28. The molecule has 0 spiro atoms. The van der Waals surface area contributed by atoms with Crippen LogP contribution in [0, 0.1) is 0 Å². The number of likely N-dealkylation sites (tertiary alicyclic amines) is 1. The van der Waals surface area contributed by atoms with Crippen LogP contribution >= 0.6 is 0 Å². The highest BCUT2D eigenvalue weighted by Gasteiger charge is 2.27. The Morgan fingerprint density at radius 1 is 1.39 bits per heavy atom. The average Bonchev–Trinajstić information content (AvgIpc) is 2.99. The molecule has 0 aromatic heterocycles.